The van der Waals surface area contributed by atoms with Crippen molar-refractivity contribution >= 4 is 27.6 Å². The van der Waals surface area contributed by atoms with E-state index < -0.39 is 0 Å². The first-order valence-corrected chi connectivity index (χ1v) is 5.84. The maximum absolute atomic E-state index is 11.0. The molecule has 1 aromatic rings. The zero-order valence-corrected chi connectivity index (χ0v) is 11.3. The van der Waals surface area contributed by atoms with Gasteiger partial charge in [0.15, 0.2) is 0 Å². The Morgan fingerprint density at radius 3 is 2.82 bits per heavy atom. The van der Waals surface area contributed by atoms with E-state index in [1.807, 2.05) is 18.0 Å². The number of esters is 1. The van der Waals surface area contributed by atoms with Gasteiger partial charge < -0.3 is 9.64 Å². The fourth-order valence-corrected chi connectivity index (χ4v) is 1.83. The van der Waals surface area contributed by atoms with Crippen LogP contribution in [0.5, 0.6) is 0 Å². The molecule has 0 saturated carbocycles. The number of rotatable bonds is 4. The van der Waals surface area contributed by atoms with Crippen molar-refractivity contribution in [2.24, 2.45) is 0 Å². The smallest absolute Gasteiger partial charge is 0.307 e. The van der Waals surface area contributed by atoms with Crippen LogP contribution in [-0.2, 0) is 9.53 Å². The van der Waals surface area contributed by atoms with E-state index in [2.05, 4.69) is 26.7 Å². The number of carbonyl (C=O) groups is 1. The molecule has 0 aliphatic rings. The highest BCUT2D eigenvalue weighted by Gasteiger charge is 2.07. The molecule has 5 heteroatoms. The summed E-state index contributed by atoms with van der Waals surface area (Å²) in [6.07, 6.45) is 0.321. The van der Waals surface area contributed by atoms with E-state index in [0.29, 0.717) is 18.5 Å². The first-order chi connectivity index (χ1) is 8.06. The molecule has 0 atom stereocenters. The Hall–Kier alpha value is -1.54. The lowest BCUT2D eigenvalue weighted by atomic mass is 10.2. The number of ether oxygens (including phenoxy) is 1. The summed E-state index contributed by atoms with van der Waals surface area (Å²) in [6.45, 7) is 0.550. The molecule has 0 aromatic heterocycles. The molecule has 0 spiro atoms. The highest BCUT2D eigenvalue weighted by Crippen LogP contribution is 2.21. The first kappa shape index (κ1) is 13.5. The van der Waals surface area contributed by atoms with Crippen molar-refractivity contribution in [1.82, 2.24) is 0 Å². The average molecular weight is 297 g/mol. The van der Waals surface area contributed by atoms with Crippen molar-refractivity contribution in [1.29, 1.82) is 5.26 Å². The largest absolute Gasteiger partial charge is 0.469 e. The number of benzene rings is 1. The average Bonchev–Trinajstić information content (AvgIpc) is 2.34. The minimum Gasteiger partial charge on any atom is -0.469 e. The van der Waals surface area contributed by atoms with Gasteiger partial charge in [-0.1, -0.05) is 15.9 Å². The monoisotopic (exact) mass is 296 g/mol. The fourth-order valence-electron chi connectivity index (χ4n) is 1.35. The van der Waals surface area contributed by atoms with Gasteiger partial charge >= 0.3 is 5.97 Å². The zero-order valence-electron chi connectivity index (χ0n) is 9.74. The summed E-state index contributed by atoms with van der Waals surface area (Å²) < 4.78 is 5.42. The summed E-state index contributed by atoms with van der Waals surface area (Å²) in [5, 5.41) is 8.86. The summed E-state index contributed by atoms with van der Waals surface area (Å²) >= 11 is 3.35. The molecular weight excluding hydrogens is 284 g/mol. The van der Waals surface area contributed by atoms with Crippen molar-refractivity contribution in [2.45, 2.75) is 6.42 Å². The Bertz CT molecular complexity index is 454. The van der Waals surface area contributed by atoms with E-state index in [1.54, 1.807) is 12.1 Å². The molecule has 4 nitrogen and oxygen atoms in total. The SMILES string of the molecule is COC(=O)CCN(C)c1cc(Br)cc(C#N)c1. The number of nitriles is 1. The van der Waals surface area contributed by atoms with Gasteiger partial charge in [-0.25, -0.2) is 0 Å². The van der Waals surface area contributed by atoms with Crippen LogP contribution in [0.25, 0.3) is 0 Å². The molecule has 17 heavy (non-hydrogen) atoms. The third-order valence-corrected chi connectivity index (χ3v) is 2.79. The summed E-state index contributed by atoms with van der Waals surface area (Å²) in [5.74, 6) is -0.243. The second kappa shape index (κ2) is 6.26. The minimum absolute atomic E-state index is 0.243. The molecule has 1 rings (SSSR count). The molecule has 0 bridgehead atoms. The number of carbonyl (C=O) groups excluding carboxylic acids is 1. The number of methoxy groups -OCH3 is 1. The quantitative estimate of drug-likeness (QED) is 0.800. The predicted molar refractivity (Wildman–Crippen MR) is 68.8 cm³/mol. The van der Waals surface area contributed by atoms with Crippen LogP contribution in [0.15, 0.2) is 22.7 Å². The highest BCUT2D eigenvalue weighted by atomic mass is 79.9. The highest BCUT2D eigenvalue weighted by molar-refractivity contribution is 9.10. The van der Waals surface area contributed by atoms with Crippen molar-refractivity contribution in [3.8, 4) is 6.07 Å². The van der Waals surface area contributed by atoms with Crippen LogP contribution >= 0.6 is 15.9 Å². The van der Waals surface area contributed by atoms with Gasteiger partial charge in [0.2, 0.25) is 0 Å². The second-order valence-electron chi connectivity index (χ2n) is 3.56. The van der Waals surface area contributed by atoms with Crippen LogP contribution in [0, 0.1) is 11.3 Å². The van der Waals surface area contributed by atoms with Gasteiger partial charge in [0.25, 0.3) is 0 Å². The third-order valence-electron chi connectivity index (χ3n) is 2.33. The lowest BCUT2D eigenvalue weighted by molar-refractivity contribution is -0.140. The number of nitrogens with zero attached hydrogens (tertiary/aromatic N) is 2. The van der Waals surface area contributed by atoms with E-state index in [-0.39, 0.29) is 5.97 Å². The lowest BCUT2D eigenvalue weighted by Crippen LogP contribution is -2.21. The van der Waals surface area contributed by atoms with Crippen molar-refractivity contribution in [2.75, 3.05) is 25.6 Å². The molecule has 0 fully saturated rings. The van der Waals surface area contributed by atoms with Crippen molar-refractivity contribution in [3.05, 3.63) is 28.2 Å². The molecule has 0 aliphatic heterocycles. The van der Waals surface area contributed by atoms with E-state index in [0.717, 1.165) is 10.2 Å². The van der Waals surface area contributed by atoms with Crippen LogP contribution in [-0.4, -0.2) is 26.7 Å². The van der Waals surface area contributed by atoms with Gasteiger partial charge in [-0.3, -0.25) is 4.79 Å². The van der Waals surface area contributed by atoms with E-state index >= 15 is 0 Å². The molecule has 1 aromatic carbocycles. The van der Waals surface area contributed by atoms with Gasteiger partial charge in [-0.15, -0.1) is 0 Å². The topological polar surface area (TPSA) is 53.3 Å². The van der Waals surface area contributed by atoms with E-state index in [1.165, 1.54) is 7.11 Å². The molecule has 0 unspecified atom stereocenters. The molecule has 0 radical (unpaired) electrons. The van der Waals surface area contributed by atoms with Crippen molar-refractivity contribution in [3.63, 3.8) is 0 Å². The van der Waals surface area contributed by atoms with Crippen LogP contribution in [0.3, 0.4) is 0 Å². The normalized spacial score (nSPS) is 9.53. The Morgan fingerprint density at radius 2 is 2.24 bits per heavy atom. The molecule has 0 saturated heterocycles. The number of hydrogen-bond acceptors (Lipinski definition) is 4. The Kier molecular flexibility index (Phi) is 4.98. The third kappa shape index (κ3) is 4.08. The predicted octanol–water partition coefficient (Wildman–Crippen LogP) is 2.32. The van der Waals surface area contributed by atoms with Crippen molar-refractivity contribution < 1.29 is 9.53 Å². The fraction of sp³-hybridized carbons (Fsp3) is 0.333. The Morgan fingerprint density at radius 1 is 1.53 bits per heavy atom. The minimum atomic E-state index is -0.243. The van der Waals surface area contributed by atoms with Gasteiger partial charge in [0, 0.05) is 23.8 Å². The number of halogens is 1. The maximum Gasteiger partial charge on any atom is 0.307 e. The zero-order chi connectivity index (χ0) is 12.8. The molecule has 0 heterocycles. The van der Waals surface area contributed by atoms with Gasteiger partial charge in [0.05, 0.1) is 25.2 Å². The molecular formula is C12H13BrN2O2. The van der Waals surface area contributed by atoms with Gasteiger partial charge in [-0.2, -0.15) is 5.26 Å². The maximum atomic E-state index is 11.0. The van der Waals surface area contributed by atoms with E-state index in [9.17, 15) is 4.79 Å². The van der Waals surface area contributed by atoms with Crippen LogP contribution in [0.4, 0.5) is 5.69 Å². The number of anilines is 1. The molecule has 0 amide bonds. The number of hydrogen-bond donors (Lipinski definition) is 0. The van der Waals surface area contributed by atoms with Crippen LogP contribution < -0.4 is 4.90 Å². The summed E-state index contributed by atoms with van der Waals surface area (Å²) in [5.41, 5.74) is 1.47. The Labute approximate surface area is 109 Å². The second-order valence-corrected chi connectivity index (χ2v) is 4.47. The van der Waals surface area contributed by atoms with Crippen LogP contribution in [0.1, 0.15) is 12.0 Å². The van der Waals surface area contributed by atoms with Gasteiger partial charge in [0.1, 0.15) is 0 Å². The van der Waals surface area contributed by atoms with E-state index in [4.69, 9.17) is 5.26 Å². The van der Waals surface area contributed by atoms with Crippen LogP contribution in [0.2, 0.25) is 0 Å². The molecule has 0 N–H and O–H groups in total. The summed E-state index contributed by atoms with van der Waals surface area (Å²) in [4.78, 5) is 12.9. The Balaban J connectivity index is 2.75. The first-order valence-electron chi connectivity index (χ1n) is 5.05. The summed E-state index contributed by atoms with van der Waals surface area (Å²) in [6, 6.07) is 7.52. The molecule has 0 aliphatic carbocycles. The van der Waals surface area contributed by atoms with Gasteiger partial charge in [-0.05, 0) is 18.2 Å². The molecule has 90 valence electrons. The lowest BCUT2D eigenvalue weighted by Gasteiger charge is -2.19. The summed E-state index contributed by atoms with van der Waals surface area (Å²) in [7, 11) is 3.24. The standard InChI is InChI=1S/C12H13BrN2O2/c1-15(4-3-12(16)17-2)11-6-9(8-14)5-10(13)7-11/h5-7H,3-4H2,1-2H3.